The lowest BCUT2D eigenvalue weighted by Gasteiger charge is -2.15. The van der Waals surface area contributed by atoms with E-state index in [2.05, 4.69) is 15.9 Å². The maximum atomic E-state index is 11.7. The van der Waals surface area contributed by atoms with Crippen molar-refractivity contribution >= 4 is 21.8 Å². The molecule has 0 bridgehead atoms. The normalized spacial score (nSPS) is 9.93. The Morgan fingerprint density at radius 3 is 2.71 bits per heavy atom. The molecular weight excluding hydrogens is 246 g/mol. The highest BCUT2D eigenvalue weighted by molar-refractivity contribution is 9.08. The molecule has 0 saturated carbocycles. The van der Waals surface area contributed by atoms with Gasteiger partial charge in [-0.05, 0) is 11.6 Å². The SMILES string of the molecule is CON(C)C(=O)c1ccccc1CBr. The molecule has 3 nitrogen and oxygen atoms in total. The van der Waals surface area contributed by atoms with E-state index >= 15 is 0 Å². The van der Waals surface area contributed by atoms with E-state index in [0.29, 0.717) is 10.9 Å². The molecule has 1 aromatic rings. The zero-order valence-corrected chi connectivity index (χ0v) is 9.74. The summed E-state index contributed by atoms with van der Waals surface area (Å²) < 4.78 is 0. The Bertz CT molecular complexity index is 328. The second-order valence-electron chi connectivity index (χ2n) is 2.78. The van der Waals surface area contributed by atoms with Crippen molar-refractivity contribution in [1.29, 1.82) is 0 Å². The van der Waals surface area contributed by atoms with Crippen molar-refractivity contribution in [3.05, 3.63) is 35.4 Å². The maximum absolute atomic E-state index is 11.7. The summed E-state index contributed by atoms with van der Waals surface area (Å²) in [5.74, 6) is -0.137. The smallest absolute Gasteiger partial charge is 0.274 e. The van der Waals surface area contributed by atoms with Gasteiger partial charge in [0.2, 0.25) is 0 Å². The summed E-state index contributed by atoms with van der Waals surface area (Å²) in [6, 6.07) is 7.43. The summed E-state index contributed by atoms with van der Waals surface area (Å²) in [4.78, 5) is 16.6. The van der Waals surface area contributed by atoms with E-state index in [1.807, 2.05) is 18.2 Å². The number of nitrogens with zero attached hydrogens (tertiary/aromatic N) is 1. The summed E-state index contributed by atoms with van der Waals surface area (Å²) in [6.07, 6.45) is 0. The lowest BCUT2D eigenvalue weighted by Crippen LogP contribution is -2.26. The summed E-state index contributed by atoms with van der Waals surface area (Å²) in [7, 11) is 3.06. The molecule has 76 valence electrons. The molecule has 0 aliphatic carbocycles. The highest BCUT2D eigenvalue weighted by atomic mass is 79.9. The van der Waals surface area contributed by atoms with Crippen LogP contribution in [0.3, 0.4) is 0 Å². The van der Waals surface area contributed by atoms with Crippen LogP contribution in [0.5, 0.6) is 0 Å². The van der Waals surface area contributed by atoms with Crippen molar-refractivity contribution in [2.45, 2.75) is 5.33 Å². The Labute approximate surface area is 91.7 Å². The minimum absolute atomic E-state index is 0.137. The Balaban J connectivity index is 3.00. The Kier molecular flexibility index (Phi) is 4.10. The van der Waals surface area contributed by atoms with Crippen molar-refractivity contribution in [3.8, 4) is 0 Å². The van der Waals surface area contributed by atoms with Crippen LogP contribution in [0.25, 0.3) is 0 Å². The van der Waals surface area contributed by atoms with Gasteiger partial charge in [0, 0.05) is 17.9 Å². The molecule has 0 aliphatic rings. The predicted octanol–water partition coefficient (Wildman–Crippen LogP) is 2.21. The molecule has 14 heavy (non-hydrogen) atoms. The van der Waals surface area contributed by atoms with E-state index in [1.54, 1.807) is 13.1 Å². The van der Waals surface area contributed by atoms with Crippen LogP contribution in [-0.4, -0.2) is 25.1 Å². The lowest BCUT2D eigenvalue weighted by atomic mass is 10.1. The average Bonchev–Trinajstić information content (AvgIpc) is 2.26. The quantitative estimate of drug-likeness (QED) is 0.614. The zero-order valence-electron chi connectivity index (χ0n) is 8.16. The first-order chi connectivity index (χ1) is 6.70. The topological polar surface area (TPSA) is 29.5 Å². The monoisotopic (exact) mass is 257 g/mol. The van der Waals surface area contributed by atoms with Gasteiger partial charge in [-0.3, -0.25) is 9.63 Å². The molecule has 0 saturated heterocycles. The number of carbonyl (C=O) groups is 1. The van der Waals surface area contributed by atoms with Gasteiger partial charge in [-0.1, -0.05) is 34.1 Å². The number of benzene rings is 1. The number of hydrogen-bond acceptors (Lipinski definition) is 2. The fourth-order valence-corrected chi connectivity index (χ4v) is 1.59. The number of rotatable bonds is 3. The van der Waals surface area contributed by atoms with E-state index in [1.165, 1.54) is 12.2 Å². The third kappa shape index (κ3) is 2.33. The van der Waals surface area contributed by atoms with E-state index in [-0.39, 0.29) is 5.91 Å². The van der Waals surface area contributed by atoms with Crippen LogP contribution in [0, 0.1) is 0 Å². The van der Waals surface area contributed by atoms with Crippen LogP contribution in [0.1, 0.15) is 15.9 Å². The summed E-state index contributed by atoms with van der Waals surface area (Å²) in [6.45, 7) is 0. The Morgan fingerprint density at radius 2 is 2.14 bits per heavy atom. The van der Waals surface area contributed by atoms with Gasteiger partial charge in [0.15, 0.2) is 0 Å². The molecule has 0 radical (unpaired) electrons. The zero-order chi connectivity index (χ0) is 10.6. The number of hydroxylamine groups is 2. The number of hydrogen-bond donors (Lipinski definition) is 0. The number of carbonyl (C=O) groups excluding carboxylic acids is 1. The molecule has 4 heteroatoms. The standard InChI is InChI=1S/C10H12BrNO2/c1-12(14-2)10(13)9-6-4-3-5-8(9)7-11/h3-6H,7H2,1-2H3. The van der Waals surface area contributed by atoms with Gasteiger partial charge >= 0.3 is 0 Å². The van der Waals surface area contributed by atoms with E-state index in [4.69, 9.17) is 4.84 Å². The van der Waals surface area contributed by atoms with Crippen molar-refractivity contribution in [2.24, 2.45) is 0 Å². The minimum Gasteiger partial charge on any atom is -0.274 e. The number of halogens is 1. The maximum Gasteiger partial charge on any atom is 0.277 e. The van der Waals surface area contributed by atoms with E-state index in [9.17, 15) is 4.79 Å². The summed E-state index contributed by atoms with van der Waals surface area (Å²) in [5, 5.41) is 1.87. The second-order valence-corrected chi connectivity index (χ2v) is 3.34. The van der Waals surface area contributed by atoms with Gasteiger partial charge in [-0.2, -0.15) is 0 Å². The average molecular weight is 258 g/mol. The van der Waals surface area contributed by atoms with Crippen LogP contribution in [-0.2, 0) is 10.2 Å². The summed E-state index contributed by atoms with van der Waals surface area (Å²) in [5.41, 5.74) is 1.62. The summed E-state index contributed by atoms with van der Waals surface area (Å²) >= 11 is 3.34. The van der Waals surface area contributed by atoms with Crippen LogP contribution in [0.2, 0.25) is 0 Å². The predicted molar refractivity (Wildman–Crippen MR) is 58.2 cm³/mol. The first-order valence-corrected chi connectivity index (χ1v) is 5.29. The first kappa shape index (κ1) is 11.2. The molecule has 0 atom stereocenters. The highest BCUT2D eigenvalue weighted by Gasteiger charge is 2.13. The molecule has 1 rings (SSSR count). The van der Waals surface area contributed by atoms with Gasteiger partial charge in [-0.25, -0.2) is 5.06 Å². The largest absolute Gasteiger partial charge is 0.277 e. The molecule has 1 amide bonds. The van der Waals surface area contributed by atoms with Crippen LogP contribution in [0.15, 0.2) is 24.3 Å². The molecule has 1 aromatic carbocycles. The van der Waals surface area contributed by atoms with Crippen molar-refractivity contribution < 1.29 is 9.63 Å². The highest BCUT2D eigenvalue weighted by Crippen LogP contribution is 2.14. The van der Waals surface area contributed by atoms with E-state index in [0.717, 1.165) is 5.56 Å². The van der Waals surface area contributed by atoms with Crippen LogP contribution in [0.4, 0.5) is 0 Å². The molecule has 0 fully saturated rings. The van der Waals surface area contributed by atoms with Gasteiger partial charge in [-0.15, -0.1) is 0 Å². The van der Waals surface area contributed by atoms with Crippen molar-refractivity contribution in [3.63, 3.8) is 0 Å². The van der Waals surface area contributed by atoms with Crippen LogP contribution < -0.4 is 0 Å². The number of amides is 1. The molecule has 0 aliphatic heterocycles. The minimum atomic E-state index is -0.137. The molecule has 0 spiro atoms. The third-order valence-corrected chi connectivity index (χ3v) is 2.56. The molecule has 0 aromatic heterocycles. The fraction of sp³-hybridized carbons (Fsp3) is 0.300. The van der Waals surface area contributed by atoms with Crippen molar-refractivity contribution in [1.82, 2.24) is 5.06 Å². The van der Waals surface area contributed by atoms with Crippen LogP contribution >= 0.6 is 15.9 Å². The molecule has 0 heterocycles. The number of alkyl halides is 1. The van der Waals surface area contributed by atoms with Gasteiger partial charge < -0.3 is 0 Å². The van der Waals surface area contributed by atoms with Crippen molar-refractivity contribution in [2.75, 3.05) is 14.2 Å². The van der Waals surface area contributed by atoms with Gasteiger partial charge in [0.05, 0.1) is 7.11 Å². The van der Waals surface area contributed by atoms with Gasteiger partial charge in [0.1, 0.15) is 0 Å². The second kappa shape index (κ2) is 5.12. The molecule has 0 N–H and O–H groups in total. The van der Waals surface area contributed by atoms with Gasteiger partial charge in [0.25, 0.3) is 5.91 Å². The lowest BCUT2D eigenvalue weighted by molar-refractivity contribution is -0.0757. The molecular formula is C10H12BrNO2. The first-order valence-electron chi connectivity index (χ1n) is 4.16. The fourth-order valence-electron chi connectivity index (χ4n) is 1.10. The Morgan fingerprint density at radius 1 is 1.50 bits per heavy atom. The third-order valence-electron chi connectivity index (χ3n) is 1.95. The Hall–Kier alpha value is -0.870. The molecule has 0 unspecified atom stereocenters. The van der Waals surface area contributed by atoms with E-state index < -0.39 is 0 Å².